The second-order valence-corrected chi connectivity index (χ2v) is 5.54. The number of benzene rings is 2. The van der Waals surface area contributed by atoms with Crippen LogP contribution in [-0.4, -0.2) is 12.9 Å². The third kappa shape index (κ3) is 3.39. The van der Waals surface area contributed by atoms with Crippen molar-refractivity contribution >= 4 is 34.4 Å². The first kappa shape index (κ1) is 16.0. The van der Waals surface area contributed by atoms with Crippen molar-refractivity contribution in [3.8, 4) is 5.75 Å². The van der Waals surface area contributed by atoms with E-state index in [1.807, 2.05) is 0 Å². The van der Waals surface area contributed by atoms with E-state index >= 15 is 0 Å². The summed E-state index contributed by atoms with van der Waals surface area (Å²) in [5.74, 6) is 0.156. The van der Waals surface area contributed by atoms with Crippen LogP contribution in [0, 0.1) is 0 Å². The molecule has 0 saturated heterocycles. The fourth-order valence-electron chi connectivity index (χ4n) is 2.23. The predicted octanol–water partition coefficient (Wildman–Crippen LogP) is 4.35. The number of allylic oxidation sites excluding steroid dienone is 1. The van der Waals surface area contributed by atoms with Gasteiger partial charge in [0.2, 0.25) is 0 Å². The van der Waals surface area contributed by atoms with Crippen molar-refractivity contribution in [2.45, 2.75) is 0 Å². The highest BCUT2D eigenvalue weighted by Crippen LogP contribution is 2.20. The molecule has 4 nitrogen and oxygen atoms in total. The normalized spacial score (nSPS) is 11.1. The van der Waals surface area contributed by atoms with Crippen LogP contribution >= 0.6 is 11.6 Å². The molecule has 0 radical (unpaired) electrons. The molecule has 0 amide bonds. The molecule has 3 aromatic rings. The van der Waals surface area contributed by atoms with Crippen LogP contribution in [0.5, 0.6) is 5.75 Å². The lowest BCUT2D eigenvalue weighted by atomic mass is 10.1. The van der Waals surface area contributed by atoms with Gasteiger partial charge in [0.1, 0.15) is 16.9 Å². The highest BCUT2D eigenvalue weighted by Gasteiger charge is 2.11. The molecule has 24 heavy (non-hydrogen) atoms. The Bertz CT molecular complexity index is 984. The van der Waals surface area contributed by atoms with Gasteiger partial charge >= 0.3 is 5.63 Å². The molecule has 120 valence electrons. The van der Waals surface area contributed by atoms with E-state index in [1.165, 1.54) is 19.3 Å². The fourth-order valence-corrected chi connectivity index (χ4v) is 2.35. The van der Waals surface area contributed by atoms with Gasteiger partial charge in [-0.25, -0.2) is 4.79 Å². The molecular formula is C19H13ClO4. The van der Waals surface area contributed by atoms with Gasteiger partial charge in [0, 0.05) is 16.5 Å². The standard InChI is InChI=1S/C19H13ClO4/c1-23-15-8-5-13-10-16(19(22)24-18(13)11-15)17(21)9-4-12-2-6-14(20)7-3-12/h2-11H,1H3/b9-4-. The van der Waals surface area contributed by atoms with Crippen LogP contribution in [0.1, 0.15) is 15.9 Å². The summed E-state index contributed by atoms with van der Waals surface area (Å²) in [6, 6.07) is 13.6. The molecule has 1 heterocycles. The molecule has 5 heteroatoms. The van der Waals surface area contributed by atoms with Crippen molar-refractivity contribution in [2.75, 3.05) is 7.11 Å². The SMILES string of the molecule is COc1ccc2cc(C(=O)/C=C\c3ccc(Cl)cc3)c(=O)oc2c1. The Labute approximate surface area is 142 Å². The van der Waals surface area contributed by atoms with Crippen LogP contribution in [0.15, 0.2) is 63.8 Å². The van der Waals surface area contributed by atoms with E-state index in [0.29, 0.717) is 21.7 Å². The topological polar surface area (TPSA) is 56.5 Å². The van der Waals surface area contributed by atoms with E-state index in [-0.39, 0.29) is 5.56 Å². The number of carbonyl (C=O) groups excluding carboxylic acids is 1. The molecule has 1 aromatic heterocycles. The fraction of sp³-hybridized carbons (Fsp3) is 0.0526. The summed E-state index contributed by atoms with van der Waals surface area (Å²) in [6.45, 7) is 0. The third-order valence-corrected chi connectivity index (χ3v) is 3.76. The van der Waals surface area contributed by atoms with Crippen LogP contribution in [0.2, 0.25) is 5.02 Å². The molecular weight excluding hydrogens is 328 g/mol. The largest absolute Gasteiger partial charge is 0.497 e. The zero-order valence-corrected chi connectivity index (χ0v) is 13.5. The molecule has 0 aliphatic rings. The molecule has 0 bridgehead atoms. The van der Waals surface area contributed by atoms with Crippen LogP contribution in [0.3, 0.4) is 0 Å². The lowest BCUT2D eigenvalue weighted by Crippen LogP contribution is -2.11. The number of carbonyl (C=O) groups is 1. The smallest absolute Gasteiger partial charge is 0.347 e. The van der Waals surface area contributed by atoms with Gasteiger partial charge in [-0.1, -0.05) is 29.8 Å². The highest BCUT2D eigenvalue weighted by molar-refractivity contribution is 6.30. The maximum absolute atomic E-state index is 12.3. The van der Waals surface area contributed by atoms with E-state index in [1.54, 1.807) is 48.5 Å². The Kier molecular flexibility index (Phi) is 4.49. The number of hydrogen-bond donors (Lipinski definition) is 0. The molecule has 0 saturated carbocycles. The molecule has 0 aliphatic heterocycles. The Morgan fingerprint density at radius 2 is 1.88 bits per heavy atom. The van der Waals surface area contributed by atoms with Crippen LogP contribution in [0.25, 0.3) is 17.0 Å². The summed E-state index contributed by atoms with van der Waals surface area (Å²) in [7, 11) is 1.53. The van der Waals surface area contributed by atoms with E-state index in [2.05, 4.69) is 0 Å². The van der Waals surface area contributed by atoms with Crippen molar-refractivity contribution in [1.82, 2.24) is 0 Å². The molecule has 0 spiro atoms. The Morgan fingerprint density at radius 3 is 2.58 bits per heavy atom. The molecule has 3 rings (SSSR count). The number of methoxy groups -OCH3 is 1. The molecule has 0 N–H and O–H groups in total. The number of fused-ring (bicyclic) bond motifs is 1. The van der Waals surface area contributed by atoms with Gasteiger partial charge in [-0.2, -0.15) is 0 Å². The van der Waals surface area contributed by atoms with Crippen LogP contribution in [-0.2, 0) is 0 Å². The van der Waals surface area contributed by atoms with Gasteiger partial charge in [0.25, 0.3) is 0 Å². The van der Waals surface area contributed by atoms with Gasteiger partial charge < -0.3 is 9.15 Å². The maximum atomic E-state index is 12.3. The van der Waals surface area contributed by atoms with E-state index < -0.39 is 11.4 Å². The van der Waals surface area contributed by atoms with Gasteiger partial charge in [-0.15, -0.1) is 0 Å². The molecule has 0 fully saturated rings. The summed E-state index contributed by atoms with van der Waals surface area (Å²) in [4.78, 5) is 24.3. The van der Waals surface area contributed by atoms with Crippen molar-refractivity contribution in [1.29, 1.82) is 0 Å². The van der Waals surface area contributed by atoms with Crippen molar-refractivity contribution < 1.29 is 13.9 Å². The van der Waals surface area contributed by atoms with Gasteiger partial charge in [0.05, 0.1) is 7.11 Å². The number of ketones is 1. The molecule has 0 aliphatic carbocycles. The van der Waals surface area contributed by atoms with Crippen molar-refractivity contribution in [3.63, 3.8) is 0 Å². The van der Waals surface area contributed by atoms with Crippen LogP contribution in [0.4, 0.5) is 0 Å². The molecule has 0 atom stereocenters. The van der Waals surface area contributed by atoms with E-state index in [4.69, 9.17) is 20.8 Å². The Hall–Kier alpha value is -2.85. The third-order valence-electron chi connectivity index (χ3n) is 3.51. The van der Waals surface area contributed by atoms with Gasteiger partial charge in [-0.05, 0) is 42.0 Å². The van der Waals surface area contributed by atoms with Gasteiger partial charge in [-0.3, -0.25) is 4.79 Å². The minimum absolute atomic E-state index is 0.0159. The minimum Gasteiger partial charge on any atom is -0.497 e. The summed E-state index contributed by atoms with van der Waals surface area (Å²) in [6.07, 6.45) is 2.96. The summed E-state index contributed by atoms with van der Waals surface area (Å²) >= 11 is 5.81. The Morgan fingerprint density at radius 1 is 1.12 bits per heavy atom. The summed E-state index contributed by atoms with van der Waals surface area (Å²) < 4.78 is 10.3. The first-order chi connectivity index (χ1) is 11.6. The summed E-state index contributed by atoms with van der Waals surface area (Å²) in [5.41, 5.74) is 0.486. The molecule has 0 unspecified atom stereocenters. The van der Waals surface area contributed by atoms with E-state index in [9.17, 15) is 9.59 Å². The van der Waals surface area contributed by atoms with Crippen molar-refractivity contribution in [2.24, 2.45) is 0 Å². The first-order valence-electron chi connectivity index (χ1n) is 7.17. The average Bonchev–Trinajstić information content (AvgIpc) is 2.59. The predicted molar refractivity (Wildman–Crippen MR) is 93.9 cm³/mol. The maximum Gasteiger partial charge on any atom is 0.347 e. The quantitative estimate of drug-likeness (QED) is 0.402. The van der Waals surface area contributed by atoms with E-state index in [0.717, 1.165) is 5.56 Å². The molecule has 2 aromatic carbocycles. The van der Waals surface area contributed by atoms with Crippen LogP contribution < -0.4 is 10.4 Å². The summed E-state index contributed by atoms with van der Waals surface area (Å²) in [5, 5.41) is 1.27. The number of ether oxygens (including phenoxy) is 1. The van der Waals surface area contributed by atoms with Gasteiger partial charge in [0.15, 0.2) is 5.78 Å². The second kappa shape index (κ2) is 6.72. The van der Waals surface area contributed by atoms with Crippen molar-refractivity contribution in [3.05, 3.63) is 81.2 Å². The zero-order chi connectivity index (χ0) is 17.1. The monoisotopic (exact) mass is 340 g/mol. The second-order valence-electron chi connectivity index (χ2n) is 5.10. The minimum atomic E-state index is -0.679. The zero-order valence-electron chi connectivity index (χ0n) is 12.8. The lowest BCUT2D eigenvalue weighted by molar-refractivity contribution is 0.104. The number of rotatable bonds is 4. The first-order valence-corrected chi connectivity index (χ1v) is 7.54. The Balaban J connectivity index is 1.93. The average molecular weight is 341 g/mol. The number of hydrogen-bond acceptors (Lipinski definition) is 4. The lowest BCUT2D eigenvalue weighted by Gasteiger charge is -2.02. The highest BCUT2D eigenvalue weighted by atomic mass is 35.5. The number of halogens is 1.